The van der Waals surface area contributed by atoms with Gasteiger partial charge in [0, 0.05) is 7.77 Å². The molecule has 0 aromatic heterocycles. The third-order valence-electron chi connectivity index (χ3n) is 2.55. The molecule has 1 fully saturated rings. The molecule has 1 heterocycles. The van der Waals surface area contributed by atoms with Crippen LogP contribution < -0.4 is 0 Å². The SMILES string of the molecule is [2H]C(C1C=CC=CO1)C1C(=O)CC(=O)C(=O)C1=O. The molecule has 0 amide bonds. The third kappa shape index (κ3) is 2.22. The van der Waals surface area contributed by atoms with Gasteiger partial charge in [0.15, 0.2) is 5.78 Å². The molecule has 0 spiro atoms. The van der Waals surface area contributed by atoms with E-state index in [1.165, 1.54) is 12.3 Å². The molecule has 5 nitrogen and oxygen atoms in total. The molecule has 0 saturated heterocycles. The summed E-state index contributed by atoms with van der Waals surface area (Å²) in [4.78, 5) is 45.6. The molecule has 3 atom stereocenters. The molecule has 0 aromatic rings. The lowest BCUT2D eigenvalue weighted by Gasteiger charge is -2.22. The first-order chi connectivity index (χ1) is 8.52. The summed E-state index contributed by atoms with van der Waals surface area (Å²) in [6.45, 7) is 0. The van der Waals surface area contributed by atoms with E-state index in [1.807, 2.05) is 0 Å². The van der Waals surface area contributed by atoms with Crippen molar-refractivity contribution in [2.75, 3.05) is 0 Å². The molecule has 1 saturated carbocycles. The van der Waals surface area contributed by atoms with E-state index < -0.39 is 48.0 Å². The van der Waals surface area contributed by atoms with Gasteiger partial charge < -0.3 is 4.74 Å². The summed E-state index contributed by atoms with van der Waals surface area (Å²) in [5, 5.41) is 0. The Labute approximate surface area is 98.5 Å². The fraction of sp³-hybridized carbons (Fsp3) is 0.333. The number of ketones is 4. The second-order valence-corrected chi connectivity index (χ2v) is 3.74. The van der Waals surface area contributed by atoms with Crippen molar-refractivity contribution in [1.82, 2.24) is 0 Å². The van der Waals surface area contributed by atoms with Crippen LogP contribution in [-0.2, 0) is 23.9 Å². The van der Waals surface area contributed by atoms with Crippen LogP contribution >= 0.6 is 0 Å². The van der Waals surface area contributed by atoms with Crippen LogP contribution in [0.15, 0.2) is 24.5 Å². The molecule has 88 valence electrons. The molecule has 3 unspecified atom stereocenters. The highest BCUT2D eigenvalue weighted by atomic mass is 16.5. The molecule has 5 heteroatoms. The van der Waals surface area contributed by atoms with Gasteiger partial charge >= 0.3 is 0 Å². The summed E-state index contributed by atoms with van der Waals surface area (Å²) in [5.74, 6) is -5.36. The van der Waals surface area contributed by atoms with Gasteiger partial charge in [-0.05, 0) is 12.2 Å². The number of carbonyl (C=O) groups is 4. The number of hydrogen-bond acceptors (Lipinski definition) is 5. The zero-order valence-electron chi connectivity index (χ0n) is 9.79. The van der Waals surface area contributed by atoms with Crippen molar-refractivity contribution in [2.24, 2.45) is 5.92 Å². The van der Waals surface area contributed by atoms with Gasteiger partial charge in [-0.2, -0.15) is 0 Å². The van der Waals surface area contributed by atoms with Crippen LogP contribution in [0, 0.1) is 5.92 Å². The summed E-state index contributed by atoms with van der Waals surface area (Å²) < 4.78 is 13.0. The molecule has 0 N–H and O–H groups in total. The van der Waals surface area contributed by atoms with E-state index in [0.29, 0.717) is 0 Å². The minimum Gasteiger partial charge on any atom is -0.494 e. The van der Waals surface area contributed by atoms with Gasteiger partial charge in [-0.3, -0.25) is 19.2 Å². The van der Waals surface area contributed by atoms with Gasteiger partial charge in [0.2, 0.25) is 11.6 Å². The van der Waals surface area contributed by atoms with Crippen LogP contribution in [0.25, 0.3) is 0 Å². The Morgan fingerprint density at radius 2 is 2.06 bits per heavy atom. The highest BCUT2D eigenvalue weighted by Gasteiger charge is 2.42. The first-order valence-corrected chi connectivity index (χ1v) is 5.07. The zero-order chi connectivity index (χ0) is 13.3. The minimum atomic E-state index is -1.41. The van der Waals surface area contributed by atoms with Gasteiger partial charge in [0.05, 0.1) is 18.6 Å². The van der Waals surface area contributed by atoms with Gasteiger partial charge in [-0.15, -0.1) is 0 Å². The van der Waals surface area contributed by atoms with Gasteiger partial charge in [-0.25, -0.2) is 0 Å². The van der Waals surface area contributed by atoms with Crippen LogP contribution in [0.3, 0.4) is 0 Å². The Hall–Kier alpha value is -2.04. The smallest absolute Gasteiger partial charge is 0.265 e. The van der Waals surface area contributed by atoms with E-state index in [0.717, 1.165) is 0 Å². The number of carbonyl (C=O) groups excluding carboxylic acids is 4. The van der Waals surface area contributed by atoms with E-state index >= 15 is 0 Å². The van der Waals surface area contributed by atoms with Gasteiger partial charge in [-0.1, -0.05) is 6.08 Å². The van der Waals surface area contributed by atoms with E-state index in [2.05, 4.69) is 0 Å². The third-order valence-corrected chi connectivity index (χ3v) is 2.55. The molecule has 17 heavy (non-hydrogen) atoms. The maximum absolute atomic E-state index is 11.6. The topological polar surface area (TPSA) is 77.5 Å². The summed E-state index contributed by atoms with van der Waals surface area (Å²) in [5.41, 5.74) is 0. The van der Waals surface area contributed by atoms with Crippen LogP contribution in [0.5, 0.6) is 0 Å². The van der Waals surface area contributed by atoms with E-state index in [-0.39, 0.29) is 0 Å². The normalized spacial score (nSPS) is 31.2. The van der Waals surface area contributed by atoms with Crippen molar-refractivity contribution in [3.8, 4) is 0 Å². The lowest BCUT2D eigenvalue weighted by atomic mass is 9.81. The summed E-state index contributed by atoms with van der Waals surface area (Å²) >= 11 is 0. The van der Waals surface area contributed by atoms with Crippen LogP contribution in [-0.4, -0.2) is 29.2 Å². The lowest BCUT2D eigenvalue weighted by molar-refractivity contribution is -0.152. The number of allylic oxidation sites excluding steroid dienone is 2. The van der Waals surface area contributed by atoms with Crippen molar-refractivity contribution in [3.05, 3.63) is 24.5 Å². The van der Waals surface area contributed by atoms with E-state index in [4.69, 9.17) is 6.11 Å². The molecule has 0 bridgehead atoms. The largest absolute Gasteiger partial charge is 0.494 e. The Morgan fingerprint density at radius 1 is 1.29 bits per heavy atom. The minimum absolute atomic E-state index is 0.600. The number of ether oxygens (including phenoxy) is 1. The van der Waals surface area contributed by atoms with Crippen molar-refractivity contribution >= 4 is 23.1 Å². The fourth-order valence-corrected chi connectivity index (χ4v) is 1.67. The maximum Gasteiger partial charge on any atom is 0.265 e. The molecule has 1 aliphatic carbocycles. The Balaban J connectivity index is 2.21. The van der Waals surface area contributed by atoms with Crippen molar-refractivity contribution in [1.29, 1.82) is 0 Å². The average molecular weight is 235 g/mol. The van der Waals surface area contributed by atoms with Crippen LogP contribution in [0.4, 0.5) is 0 Å². The highest BCUT2D eigenvalue weighted by molar-refractivity contribution is 6.69. The molecule has 1 aliphatic heterocycles. The molecular formula is C12H10O5. The van der Waals surface area contributed by atoms with E-state index in [1.54, 1.807) is 12.2 Å². The fourth-order valence-electron chi connectivity index (χ4n) is 1.67. The predicted molar refractivity (Wildman–Crippen MR) is 55.9 cm³/mol. The number of rotatable bonds is 2. The van der Waals surface area contributed by atoms with Crippen molar-refractivity contribution in [2.45, 2.75) is 18.9 Å². The molecule has 0 radical (unpaired) electrons. The summed E-state index contributed by atoms with van der Waals surface area (Å²) in [6.07, 6.45) is 3.51. The predicted octanol–water partition coefficient (Wildman–Crippen LogP) is 0.141. The average Bonchev–Trinajstić information content (AvgIpc) is 2.37. The zero-order valence-corrected chi connectivity index (χ0v) is 8.79. The van der Waals surface area contributed by atoms with Crippen LogP contribution in [0.1, 0.15) is 14.2 Å². The molecule has 2 aliphatic rings. The summed E-state index contributed by atoms with van der Waals surface area (Å²) in [7, 11) is 0. The Bertz CT molecular complexity index is 491. The number of Topliss-reactive ketones (excluding diaryl/α,β-unsaturated/α-hetero) is 4. The molecule has 2 rings (SSSR count). The number of hydrogen-bond donors (Lipinski definition) is 0. The second kappa shape index (κ2) is 4.45. The van der Waals surface area contributed by atoms with Crippen LogP contribution in [0.2, 0.25) is 0 Å². The lowest BCUT2D eigenvalue weighted by Crippen LogP contribution is -2.43. The Kier molecular flexibility index (Phi) is 2.65. The van der Waals surface area contributed by atoms with Gasteiger partial charge in [0.25, 0.3) is 5.78 Å². The molecular weight excluding hydrogens is 224 g/mol. The standard InChI is InChI=1S/C12H10O5/c13-9-6-10(14)12(16)11(15)8(9)5-7-3-1-2-4-17-7/h1-4,7-8H,5-6H2/i5D. The van der Waals surface area contributed by atoms with Crippen molar-refractivity contribution in [3.63, 3.8) is 0 Å². The van der Waals surface area contributed by atoms with Crippen molar-refractivity contribution < 1.29 is 25.3 Å². The maximum atomic E-state index is 11.6. The Morgan fingerprint density at radius 3 is 2.71 bits per heavy atom. The quantitative estimate of drug-likeness (QED) is 0.502. The van der Waals surface area contributed by atoms with E-state index in [9.17, 15) is 19.2 Å². The highest BCUT2D eigenvalue weighted by Crippen LogP contribution is 2.21. The molecule has 0 aromatic carbocycles. The first-order valence-electron chi connectivity index (χ1n) is 5.65. The first kappa shape index (κ1) is 10.1. The van der Waals surface area contributed by atoms with Gasteiger partial charge in [0.1, 0.15) is 6.10 Å². The second-order valence-electron chi connectivity index (χ2n) is 3.74. The summed E-state index contributed by atoms with van der Waals surface area (Å²) in [6, 6.07) is 0. The monoisotopic (exact) mass is 235 g/mol.